The molecule has 1 spiro atoms. The lowest BCUT2D eigenvalue weighted by molar-refractivity contribution is -0.292. The highest BCUT2D eigenvalue weighted by atomic mass is 16.8. The summed E-state index contributed by atoms with van der Waals surface area (Å²) >= 11 is 0. The van der Waals surface area contributed by atoms with Gasteiger partial charge in [0.2, 0.25) is 17.7 Å². The lowest BCUT2D eigenvalue weighted by atomic mass is 9.81. The molecule has 27 heteroatoms. The van der Waals surface area contributed by atoms with Crippen LogP contribution >= 0.6 is 0 Å². The molecule has 10 fully saturated rings. The smallest absolute Gasteiger partial charge is 0.312 e. The van der Waals surface area contributed by atoms with Crippen LogP contribution in [-0.2, 0) is 97.0 Å². The Labute approximate surface area is 572 Å². The van der Waals surface area contributed by atoms with Crippen LogP contribution in [-0.4, -0.2) is 219 Å². The van der Waals surface area contributed by atoms with Gasteiger partial charge < -0.3 is 88.9 Å². The van der Waals surface area contributed by atoms with Gasteiger partial charge in [0.25, 0.3) is 11.8 Å². The quantitative estimate of drug-likeness (QED) is 0.0308. The first-order chi connectivity index (χ1) is 47.1. The summed E-state index contributed by atoms with van der Waals surface area (Å²) in [6.07, 6.45) is 4.28. The van der Waals surface area contributed by atoms with E-state index in [9.17, 15) is 43.5 Å². The van der Waals surface area contributed by atoms with E-state index in [-0.39, 0.29) is 176 Å². The predicted octanol–water partition coefficient (Wildman–Crippen LogP) is 4.36. The fraction of sp³-hybridized carbons (Fsp3) is 0.718. The first-order valence-corrected chi connectivity index (χ1v) is 35.3. The Morgan fingerprint density at radius 1 is 0.735 bits per heavy atom. The number of aliphatic hydroxyl groups excluding tert-OH is 1. The van der Waals surface area contributed by atoms with Crippen molar-refractivity contribution in [2.24, 2.45) is 23.5 Å². The Bertz CT molecular complexity index is 3060. The highest BCUT2D eigenvalue weighted by Gasteiger charge is 2.69. The number of Topliss-reactive ketones (excluding diaryl/α,β-unsaturated/α-hetero) is 1. The molecule has 27 nitrogen and oxygen atoms in total. The third-order valence-electron chi connectivity index (χ3n) is 21.1. The molecule has 98 heavy (non-hydrogen) atoms. The second-order valence-corrected chi connectivity index (χ2v) is 28.5. The molecule has 1 aromatic rings. The monoisotopic (exact) mass is 1370 g/mol. The number of amides is 7. The predicted molar refractivity (Wildman–Crippen MR) is 349 cm³/mol. The molecule has 5 unspecified atom stereocenters. The van der Waals surface area contributed by atoms with Crippen LogP contribution in [0.1, 0.15) is 142 Å². The maximum atomic E-state index is 14.5. The average Bonchev–Trinajstić information content (AvgIpc) is 1.55. The topological polar surface area (TPSA) is 345 Å². The van der Waals surface area contributed by atoms with Crippen LogP contribution in [0.2, 0.25) is 0 Å². The van der Waals surface area contributed by atoms with Crippen LogP contribution in [0.5, 0.6) is 0 Å². The molecule has 11 aliphatic rings. The lowest BCUT2D eigenvalue weighted by Gasteiger charge is -2.47. The fourth-order valence-corrected chi connectivity index (χ4v) is 15.9. The number of urea groups is 1. The van der Waals surface area contributed by atoms with Crippen LogP contribution in [0.25, 0.3) is 0 Å². The summed E-state index contributed by atoms with van der Waals surface area (Å²) in [6.45, 7) is 15.2. The number of carbonyl (C=O) groups excluding carboxylic acids is 8. The van der Waals surface area contributed by atoms with Crippen molar-refractivity contribution in [2.45, 2.75) is 258 Å². The minimum atomic E-state index is -1.10. The van der Waals surface area contributed by atoms with Crippen LogP contribution in [0, 0.1) is 17.8 Å². The number of rotatable bonds is 27. The molecule has 0 radical (unpaired) electrons. The highest BCUT2D eigenvalue weighted by molar-refractivity contribution is 6.12. The van der Waals surface area contributed by atoms with Gasteiger partial charge in [-0.1, -0.05) is 46.1 Å². The third kappa shape index (κ3) is 18.1. The van der Waals surface area contributed by atoms with E-state index >= 15 is 0 Å². The first-order valence-electron chi connectivity index (χ1n) is 35.3. The molecule has 10 saturated heterocycles. The average molecular weight is 1370 g/mol. The summed E-state index contributed by atoms with van der Waals surface area (Å²) in [6, 6.07) is 3.71. The van der Waals surface area contributed by atoms with Crippen molar-refractivity contribution in [1.29, 1.82) is 0 Å². The molecule has 540 valence electrons. The van der Waals surface area contributed by atoms with E-state index in [2.05, 4.69) is 41.3 Å². The minimum Gasteiger partial charge on any atom is -0.461 e. The maximum Gasteiger partial charge on any atom is 0.312 e. The van der Waals surface area contributed by atoms with Gasteiger partial charge in [0, 0.05) is 88.8 Å². The normalized spacial score (nSPS) is 34.4. The molecular formula is C71H100N6O21. The summed E-state index contributed by atoms with van der Waals surface area (Å²) < 4.78 is 77.5. The van der Waals surface area contributed by atoms with E-state index in [1.54, 1.807) is 45.2 Å². The molecule has 11 heterocycles. The zero-order chi connectivity index (χ0) is 69.4. The largest absolute Gasteiger partial charge is 0.461 e. The Morgan fingerprint density at radius 3 is 2.20 bits per heavy atom. The number of anilines is 1. The van der Waals surface area contributed by atoms with Gasteiger partial charge in [-0.2, -0.15) is 0 Å². The molecule has 12 rings (SSSR count). The second-order valence-electron chi connectivity index (χ2n) is 28.5. The number of carbonyl (C=O) groups is 8. The van der Waals surface area contributed by atoms with Crippen molar-refractivity contribution >= 4 is 53.0 Å². The van der Waals surface area contributed by atoms with E-state index in [4.69, 9.17) is 62.6 Å². The Morgan fingerprint density at radius 2 is 1.45 bits per heavy atom. The maximum absolute atomic E-state index is 14.5. The summed E-state index contributed by atoms with van der Waals surface area (Å²) in [4.78, 5) is 104. The van der Waals surface area contributed by atoms with Gasteiger partial charge in [0.05, 0.1) is 100 Å². The second kappa shape index (κ2) is 33.1. The molecule has 21 atom stereocenters. The van der Waals surface area contributed by atoms with Crippen molar-refractivity contribution in [3.8, 4) is 0 Å². The number of hydrogen-bond donors (Lipinski definition) is 6. The summed E-state index contributed by atoms with van der Waals surface area (Å²) in [5.74, 6) is -4.45. The molecule has 11 aliphatic heterocycles. The molecule has 1 aromatic carbocycles. The van der Waals surface area contributed by atoms with Crippen LogP contribution in [0.4, 0.5) is 10.5 Å². The van der Waals surface area contributed by atoms with Gasteiger partial charge >= 0.3 is 12.0 Å². The van der Waals surface area contributed by atoms with Crippen molar-refractivity contribution in [3.63, 3.8) is 0 Å². The zero-order valence-electron chi connectivity index (χ0n) is 56.8. The molecular weight excluding hydrogens is 1270 g/mol. The zero-order valence-corrected chi connectivity index (χ0v) is 56.8. The molecule has 12 bridgehead atoms. The Balaban J connectivity index is 0.658. The van der Waals surface area contributed by atoms with Gasteiger partial charge in [0.1, 0.15) is 55.0 Å². The SMILES string of the molecule is C=C1C[C@@H]2CC[C@@]34C[C@H]5O[C@H]6[C@@H](O3)[C@H]3O[C@H](CC[C@@H]3O[C@H]6C5O4)CC(=O)CC3C(CC4O[C@@H](CCC1O2)C[C@@H](C)C4=C)O[C@H](C[C@H](O)CCC(=O)OCc1ccc(NC(=O)[C@H](CCCNC(N)=O)NC(=O)[C@@H](NC(=O)CCOCCOCCN2C(=O)C=CC2=O)C(C)C)cc1)[C@@H]3OC. The number of primary amides is 1. The standard InChI is InChI=1S/C71H100N6O21/c1-38(2)61(76-57(80)22-26-88-28-29-89-27-25-77-58(81)18-19-59(77)82)69(85)75-50(8-7-24-73-70(72)86)68(84)74-43-11-9-42(10-12-43)37-90-60(83)20-13-44(78)34-55-62(87-6)49-33-45(79)32-47-15-17-52-63(93-47)67-66-65(95-52)64-56(96-66)36-71(97-64,98-67)23-21-48-31-40(4)51(91-48)16-14-46-30-39(3)41(5)53(92-46)35-54(49)94-55/h9-12,18-19,38-39,44,46-56,61-67,78H,4-5,7-8,13-17,20-37H2,1-3,6H3,(H,74,84)(H,75,85)(H,76,80)(H3,72,73,86)/t39-,44-,46+,47-,48+,49?,50+,51?,52+,53?,54?,55-,56-,61+,62-,63+,64?,65+,66-,67+,71+/m1/s1. The summed E-state index contributed by atoms with van der Waals surface area (Å²) in [5, 5.41) is 22.4. The number of fused-ring (bicyclic) bond motifs is 6. The number of imide groups is 1. The molecule has 0 saturated carbocycles. The van der Waals surface area contributed by atoms with Crippen LogP contribution < -0.4 is 27.0 Å². The van der Waals surface area contributed by atoms with E-state index in [1.165, 1.54) is 12.2 Å². The Kier molecular flexibility index (Phi) is 24.7. The van der Waals surface area contributed by atoms with Crippen molar-refractivity contribution in [1.82, 2.24) is 20.9 Å². The summed E-state index contributed by atoms with van der Waals surface area (Å²) in [7, 11) is 1.60. The fourth-order valence-electron chi connectivity index (χ4n) is 15.9. The first kappa shape index (κ1) is 73.1. The number of nitrogens with one attached hydrogen (secondary N) is 4. The number of nitrogens with zero attached hydrogens (tertiary/aromatic N) is 1. The highest BCUT2D eigenvalue weighted by Crippen LogP contribution is 2.55. The van der Waals surface area contributed by atoms with Gasteiger partial charge in [-0.05, 0) is 105 Å². The molecule has 7 amide bonds. The number of benzene rings is 1. The van der Waals surface area contributed by atoms with E-state index in [1.807, 2.05) is 0 Å². The van der Waals surface area contributed by atoms with Gasteiger partial charge in [-0.3, -0.25) is 38.5 Å². The number of methoxy groups -OCH3 is 1. The van der Waals surface area contributed by atoms with Gasteiger partial charge in [-0.15, -0.1) is 0 Å². The molecule has 0 aliphatic carbocycles. The number of hydrogen-bond acceptors (Lipinski definition) is 21. The number of ketones is 1. The van der Waals surface area contributed by atoms with Crippen molar-refractivity contribution in [2.75, 3.05) is 51.9 Å². The van der Waals surface area contributed by atoms with E-state index < -0.39 is 102 Å². The van der Waals surface area contributed by atoms with Crippen LogP contribution in [0.15, 0.2) is 60.7 Å². The van der Waals surface area contributed by atoms with Crippen molar-refractivity contribution < 1.29 is 100 Å². The minimum absolute atomic E-state index is 0.00501. The number of nitrogens with two attached hydrogens (primary N) is 1. The van der Waals surface area contributed by atoms with Crippen molar-refractivity contribution in [3.05, 3.63) is 66.3 Å². The summed E-state index contributed by atoms with van der Waals surface area (Å²) in [5.41, 5.74) is 8.29. The number of esters is 1. The Hall–Kier alpha value is -6.08. The van der Waals surface area contributed by atoms with Gasteiger partial charge in [0.15, 0.2) is 5.79 Å². The van der Waals surface area contributed by atoms with Gasteiger partial charge in [-0.25, -0.2) is 4.79 Å². The van der Waals surface area contributed by atoms with Crippen LogP contribution in [0.3, 0.4) is 0 Å². The lowest BCUT2D eigenvalue weighted by Crippen LogP contribution is -2.61. The van der Waals surface area contributed by atoms with E-state index in [0.29, 0.717) is 43.4 Å². The van der Waals surface area contributed by atoms with E-state index in [0.717, 1.165) is 48.2 Å². The third-order valence-corrected chi connectivity index (χ3v) is 21.1. The number of aliphatic hydroxyl groups is 1. The number of ether oxygens (including phenoxy) is 12. The molecule has 7 N–H and O–H groups in total. The molecule has 0 aromatic heterocycles.